The SMILES string of the molecule is Cc1cccc(-c2nn3cc(C(=O)O)c(C(C)C)c3c(=O)[nH]2)n1. The number of aromatic amines is 1. The van der Waals surface area contributed by atoms with Gasteiger partial charge in [0.05, 0.1) is 5.56 Å². The number of nitrogens with zero attached hydrogens (tertiary/aromatic N) is 3. The van der Waals surface area contributed by atoms with Crippen LogP contribution in [0.5, 0.6) is 0 Å². The van der Waals surface area contributed by atoms with Crippen molar-refractivity contribution in [1.82, 2.24) is 19.6 Å². The molecule has 0 aromatic carbocycles. The van der Waals surface area contributed by atoms with E-state index in [1.165, 1.54) is 10.7 Å². The van der Waals surface area contributed by atoms with E-state index in [2.05, 4.69) is 15.1 Å². The van der Waals surface area contributed by atoms with Gasteiger partial charge in [0.25, 0.3) is 5.56 Å². The maximum atomic E-state index is 12.5. The largest absolute Gasteiger partial charge is 0.478 e. The number of aromatic carboxylic acids is 1. The van der Waals surface area contributed by atoms with Gasteiger partial charge in [0.1, 0.15) is 11.2 Å². The fourth-order valence-electron chi connectivity index (χ4n) is 2.66. The summed E-state index contributed by atoms with van der Waals surface area (Å²) in [5, 5.41) is 13.7. The maximum Gasteiger partial charge on any atom is 0.337 e. The van der Waals surface area contributed by atoms with Crippen LogP contribution in [0, 0.1) is 6.92 Å². The van der Waals surface area contributed by atoms with Crippen LogP contribution in [0.2, 0.25) is 0 Å². The molecule has 0 saturated heterocycles. The Morgan fingerprint density at radius 1 is 1.35 bits per heavy atom. The van der Waals surface area contributed by atoms with Crippen molar-refractivity contribution in [1.29, 1.82) is 0 Å². The van der Waals surface area contributed by atoms with Gasteiger partial charge in [0.15, 0.2) is 5.82 Å². The van der Waals surface area contributed by atoms with E-state index in [0.717, 1.165) is 5.69 Å². The molecule has 0 amide bonds. The Bertz CT molecular complexity index is 969. The number of rotatable bonds is 3. The van der Waals surface area contributed by atoms with E-state index in [1.54, 1.807) is 6.07 Å². The normalized spacial score (nSPS) is 11.3. The number of hydrogen-bond acceptors (Lipinski definition) is 4. The van der Waals surface area contributed by atoms with Crippen molar-refractivity contribution in [2.75, 3.05) is 0 Å². The van der Waals surface area contributed by atoms with Crippen molar-refractivity contribution in [2.24, 2.45) is 0 Å². The number of fused-ring (bicyclic) bond motifs is 1. The maximum absolute atomic E-state index is 12.5. The van der Waals surface area contributed by atoms with E-state index in [9.17, 15) is 14.7 Å². The number of carboxylic acids is 1. The summed E-state index contributed by atoms with van der Waals surface area (Å²) in [7, 11) is 0. The lowest BCUT2D eigenvalue weighted by Gasteiger charge is -2.06. The average molecular weight is 312 g/mol. The summed E-state index contributed by atoms with van der Waals surface area (Å²) in [6.45, 7) is 5.53. The number of hydrogen-bond donors (Lipinski definition) is 2. The van der Waals surface area contributed by atoms with Crippen LogP contribution < -0.4 is 5.56 Å². The summed E-state index contributed by atoms with van der Waals surface area (Å²) in [5.74, 6) is -0.890. The summed E-state index contributed by atoms with van der Waals surface area (Å²) in [6.07, 6.45) is 1.38. The second-order valence-corrected chi connectivity index (χ2v) is 5.68. The summed E-state index contributed by atoms with van der Waals surface area (Å²) in [6, 6.07) is 5.40. The standard InChI is InChI=1S/C16H16N4O3/c1-8(2)12-10(16(22)23)7-20-13(12)15(21)18-14(19-20)11-6-4-5-9(3)17-11/h4-8H,1-3H3,(H,22,23)(H,18,19,21). The van der Waals surface area contributed by atoms with Crippen molar-refractivity contribution in [2.45, 2.75) is 26.7 Å². The van der Waals surface area contributed by atoms with Gasteiger partial charge >= 0.3 is 5.97 Å². The molecule has 3 heterocycles. The Morgan fingerprint density at radius 3 is 2.70 bits per heavy atom. The lowest BCUT2D eigenvalue weighted by Crippen LogP contribution is -2.15. The minimum Gasteiger partial charge on any atom is -0.478 e. The van der Waals surface area contributed by atoms with Gasteiger partial charge in [0, 0.05) is 17.5 Å². The molecule has 0 unspecified atom stereocenters. The first kappa shape index (κ1) is 15.0. The lowest BCUT2D eigenvalue weighted by atomic mass is 10.0. The first-order chi connectivity index (χ1) is 10.9. The Hall–Kier alpha value is -2.96. The quantitative estimate of drug-likeness (QED) is 0.772. The highest BCUT2D eigenvalue weighted by Gasteiger charge is 2.22. The summed E-state index contributed by atoms with van der Waals surface area (Å²) in [5.41, 5.74) is 1.78. The fourth-order valence-corrected chi connectivity index (χ4v) is 2.66. The smallest absolute Gasteiger partial charge is 0.337 e. The molecule has 0 radical (unpaired) electrons. The molecule has 2 N–H and O–H groups in total. The van der Waals surface area contributed by atoms with Crippen LogP contribution in [-0.2, 0) is 0 Å². The molecule has 3 rings (SSSR count). The average Bonchev–Trinajstić information content (AvgIpc) is 2.87. The third-order valence-corrected chi connectivity index (χ3v) is 3.62. The van der Waals surface area contributed by atoms with E-state index in [4.69, 9.17) is 0 Å². The third-order valence-electron chi connectivity index (χ3n) is 3.62. The number of nitrogens with one attached hydrogen (secondary N) is 1. The highest BCUT2D eigenvalue weighted by Crippen LogP contribution is 2.24. The van der Waals surface area contributed by atoms with Gasteiger partial charge < -0.3 is 10.1 Å². The van der Waals surface area contributed by atoms with Crippen LogP contribution in [0.25, 0.3) is 17.0 Å². The highest BCUT2D eigenvalue weighted by molar-refractivity contribution is 5.92. The van der Waals surface area contributed by atoms with Crippen LogP contribution in [0.4, 0.5) is 0 Å². The molecule has 0 bridgehead atoms. The molecule has 0 saturated carbocycles. The van der Waals surface area contributed by atoms with Crippen LogP contribution in [-0.4, -0.2) is 30.7 Å². The van der Waals surface area contributed by atoms with Crippen molar-refractivity contribution >= 4 is 11.5 Å². The topological polar surface area (TPSA) is 100 Å². The number of carboxylic acid groups (broad SMARTS) is 1. The Balaban J connectivity index is 2.32. The number of aromatic nitrogens is 4. The first-order valence-electron chi connectivity index (χ1n) is 7.21. The zero-order valence-corrected chi connectivity index (χ0v) is 13.0. The predicted molar refractivity (Wildman–Crippen MR) is 84.8 cm³/mol. The van der Waals surface area contributed by atoms with E-state index >= 15 is 0 Å². The molecular formula is C16H16N4O3. The minimum absolute atomic E-state index is 0.0901. The molecule has 23 heavy (non-hydrogen) atoms. The van der Waals surface area contributed by atoms with Crippen LogP contribution in [0.3, 0.4) is 0 Å². The van der Waals surface area contributed by atoms with E-state index < -0.39 is 5.97 Å². The zero-order valence-electron chi connectivity index (χ0n) is 13.0. The fraction of sp³-hybridized carbons (Fsp3) is 0.250. The molecule has 3 aromatic rings. The molecule has 0 atom stereocenters. The molecule has 0 fully saturated rings. The molecule has 7 heteroatoms. The Labute approximate surface area is 131 Å². The molecular weight excluding hydrogens is 296 g/mol. The summed E-state index contributed by atoms with van der Waals surface area (Å²) in [4.78, 5) is 30.9. The van der Waals surface area contributed by atoms with Gasteiger partial charge in [0.2, 0.25) is 0 Å². The van der Waals surface area contributed by atoms with Crippen molar-refractivity contribution in [3.63, 3.8) is 0 Å². The number of aryl methyl sites for hydroxylation is 1. The van der Waals surface area contributed by atoms with E-state index in [0.29, 0.717) is 17.1 Å². The van der Waals surface area contributed by atoms with Crippen LogP contribution in [0.1, 0.15) is 41.4 Å². The molecule has 0 spiro atoms. The molecule has 118 valence electrons. The lowest BCUT2D eigenvalue weighted by molar-refractivity contribution is 0.0695. The van der Waals surface area contributed by atoms with Gasteiger partial charge in [-0.15, -0.1) is 5.10 Å². The highest BCUT2D eigenvalue weighted by atomic mass is 16.4. The van der Waals surface area contributed by atoms with Crippen molar-refractivity contribution in [3.8, 4) is 11.5 Å². The predicted octanol–water partition coefficient (Wildman–Crippen LogP) is 2.21. The molecule has 7 nitrogen and oxygen atoms in total. The molecule has 0 aliphatic carbocycles. The monoisotopic (exact) mass is 312 g/mol. The van der Waals surface area contributed by atoms with Gasteiger partial charge in [-0.1, -0.05) is 19.9 Å². The molecule has 0 aliphatic rings. The Kier molecular flexibility index (Phi) is 3.48. The van der Waals surface area contributed by atoms with Gasteiger partial charge in [-0.05, 0) is 25.0 Å². The van der Waals surface area contributed by atoms with Gasteiger partial charge in [-0.3, -0.25) is 4.79 Å². The van der Waals surface area contributed by atoms with Gasteiger partial charge in [-0.25, -0.2) is 14.3 Å². The van der Waals surface area contributed by atoms with Crippen LogP contribution >= 0.6 is 0 Å². The number of pyridine rings is 1. The van der Waals surface area contributed by atoms with E-state index in [1.807, 2.05) is 32.9 Å². The van der Waals surface area contributed by atoms with Gasteiger partial charge in [-0.2, -0.15) is 0 Å². The second kappa shape index (κ2) is 5.35. The second-order valence-electron chi connectivity index (χ2n) is 5.68. The van der Waals surface area contributed by atoms with Crippen molar-refractivity contribution < 1.29 is 9.90 Å². The Morgan fingerprint density at radius 2 is 2.09 bits per heavy atom. The summed E-state index contributed by atoms with van der Waals surface area (Å²) >= 11 is 0. The summed E-state index contributed by atoms with van der Waals surface area (Å²) < 4.78 is 1.33. The van der Waals surface area contributed by atoms with E-state index in [-0.39, 0.29) is 22.6 Å². The molecule has 0 aliphatic heterocycles. The first-order valence-corrected chi connectivity index (χ1v) is 7.21. The third kappa shape index (κ3) is 2.50. The van der Waals surface area contributed by atoms with Crippen LogP contribution in [0.15, 0.2) is 29.2 Å². The van der Waals surface area contributed by atoms with Crippen molar-refractivity contribution in [3.05, 3.63) is 51.6 Å². The molecule has 3 aromatic heterocycles. The number of carbonyl (C=O) groups is 1. The number of H-pyrrole nitrogens is 1. The zero-order chi connectivity index (χ0) is 16.7. The minimum atomic E-state index is -1.08.